The summed E-state index contributed by atoms with van der Waals surface area (Å²) in [5.74, 6) is 1.48. The fourth-order valence-electron chi connectivity index (χ4n) is 3.10. The van der Waals surface area contributed by atoms with E-state index in [0.717, 1.165) is 29.8 Å². The van der Waals surface area contributed by atoms with E-state index in [-0.39, 0.29) is 0 Å². The molecule has 4 heteroatoms. The van der Waals surface area contributed by atoms with Gasteiger partial charge in [0.2, 0.25) is 0 Å². The average molecular weight is 264 g/mol. The normalized spacial score (nSPS) is 17.8. The van der Waals surface area contributed by atoms with Gasteiger partial charge in [-0.2, -0.15) is 0 Å². The van der Waals surface area contributed by atoms with E-state index in [0.29, 0.717) is 5.92 Å². The smallest absolute Gasteiger partial charge is 0.117 e. The van der Waals surface area contributed by atoms with Gasteiger partial charge in [-0.25, -0.2) is 4.98 Å². The lowest BCUT2D eigenvalue weighted by atomic mass is 9.90. The van der Waals surface area contributed by atoms with Crippen LogP contribution >= 0.6 is 0 Å². The highest BCUT2D eigenvalue weighted by molar-refractivity contribution is 5.75. The van der Waals surface area contributed by atoms with Gasteiger partial charge in [-0.05, 0) is 24.1 Å². The van der Waals surface area contributed by atoms with Crippen molar-refractivity contribution in [3.05, 3.63) is 54.1 Å². The van der Waals surface area contributed by atoms with Crippen molar-refractivity contribution in [3.63, 3.8) is 0 Å². The first-order valence-corrected chi connectivity index (χ1v) is 6.94. The van der Waals surface area contributed by atoms with Crippen LogP contribution in [-0.2, 0) is 7.05 Å². The SMILES string of the molecule is Cn1c(C2CCNc3ccccc32)nc2ccncc21. The molecular formula is C16H16N4. The van der Waals surface area contributed by atoms with Crippen molar-refractivity contribution >= 4 is 16.7 Å². The highest BCUT2D eigenvalue weighted by Gasteiger charge is 2.25. The van der Waals surface area contributed by atoms with Crippen molar-refractivity contribution < 1.29 is 0 Å². The highest BCUT2D eigenvalue weighted by atomic mass is 15.1. The molecule has 1 unspecified atom stereocenters. The molecule has 0 aliphatic carbocycles. The maximum absolute atomic E-state index is 4.83. The van der Waals surface area contributed by atoms with Crippen LogP contribution in [0.5, 0.6) is 0 Å². The molecule has 0 amide bonds. The number of rotatable bonds is 1. The number of anilines is 1. The number of hydrogen-bond donors (Lipinski definition) is 1. The minimum atomic E-state index is 0.352. The number of nitrogens with zero attached hydrogens (tertiary/aromatic N) is 3. The van der Waals surface area contributed by atoms with Crippen LogP contribution in [0.1, 0.15) is 23.7 Å². The topological polar surface area (TPSA) is 42.7 Å². The number of imidazole rings is 1. The Labute approximate surface area is 117 Å². The molecule has 3 aromatic rings. The summed E-state index contributed by atoms with van der Waals surface area (Å²) in [4.78, 5) is 9.03. The first-order chi connectivity index (χ1) is 9.84. The van der Waals surface area contributed by atoms with Crippen molar-refractivity contribution in [2.45, 2.75) is 12.3 Å². The van der Waals surface area contributed by atoms with E-state index < -0.39 is 0 Å². The van der Waals surface area contributed by atoms with Gasteiger partial charge in [0, 0.05) is 31.4 Å². The zero-order valence-electron chi connectivity index (χ0n) is 11.4. The van der Waals surface area contributed by atoms with Gasteiger partial charge in [-0.1, -0.05) is 18.2 Å². The van der Waals surface area contributed by atoms with E-state index in [2.05, 4.69) is 46.2 Å². The Morgan fingerprint density at radius 2 is 2.15 bits per heavy atom. The molecule has 4 nitrogen and oxygen atoms in total. The van der Waals surface area contributed by atoms with E-state index in [1.54, 1.807) is 6.20 Å². The molecule has 1 aromatic carbocycles. The number of para-hydroxylation sites is 1. The first-order valence-electron chi connectivity index (χ1n) is 6.94. The van der Waals surface area contributed by atoms with Crippen molar-refractivity contribution in [3.8, 4) is 0 Å². The lowest BCUT2D eigenvalue weighted by molar-refractivity contribution is 0.649. The molecule has 1 aliphatic heterocycles. The fraction of sp³-hybridized carbons (Fsp3) is 0.250. The third-order valence-corrected chi connectivity index (χ3v) is 4.11. The summed E-state index contributed by atoms with van der Waals surface area (Å²) in [5, 5.41) is 3.47. The molecule has 0 saturated heterocycles. The summed E-state index contributed by atoms with van der Waals surface area (Å²) in [6.07, 6.45) is 4.76. The lowest BCUT2D eigenvalue weighted by Gasteiger charge is -2.26. The van der Waals surface area contributed by atoms with Crippen LogP contribution < -0.4 is 5.32 Å². The van der Waals surface area contributed by atoms with E-state index in [4.69, 9.17) is 4.98 Å². The van der Waals surface area contributed by atoms with E-state index in [1.165, 1.54) is 11.3 Å². The third kappa shape index (κ3) is 1.61. The Morgan fingerprint density at radius 3 is 3.05 bits per heavy atom. The van der Waals surface area contributed by atoms with Crippen LogP contribution in [0.4, 0.5) is 5.69 Å². The molecule has 0 saturated carbocycles. The maximum Gasteiger partial charge on any atom is 0.117 e. The molecule has 0 fully saturated rings. The number of aromatic nitrogens is 3. The quantitative estimate of drug-likeness (QED) is 0.735. The second kappa shape index (κ2) is 4.34. The molecular weight excluding hydrogens is 248 g/mol. The lowest BCUT2D eigenvalue weighted by Crippen LogP contribution is -2.19. The van der Waals surface area contributed by atoms with Crippen LogP contribution in [-0.4, -0.2) is 21.1 Å². The van der Waals surface area contributed by atoms with Gasteiger partial charge in [-0.15, -0.1) is 0 Å². The molecule has 100 valence electrons. The van der Waals surface area contributed by atoms with Crippen LogP contribution in [0.15, 0.2) is 42.7 Å². The van der Waals surface area contributed by atoms with Gasteiger partial charge in [0.25, 0.3) is 0 Å². The number of fused-ring (bicyclic) bond motifs is 2. The standard InChI is InChI=1S/C16H16N4/c1-20-15-10-17-8-7-14(15)19-16(20)12-6-9-18-13-5-3-2-4-11(12)13/h2-5,7-8,10,12,18H,6,9H2,1H3. The molecule has 2 aromatic heterocycles. The van der Waals surface area contributed by atoms with Crippen LogP contribution in [0.3, 0.4) is 0 Å². The van der Waals surface area contributed by atoms with Gasteiger partial charge >= 0.3 is 0 Å². The molecule has 0 bridgehead atoms. The number of nitrogens with one attached hydrogen (secondary N) is 1. The number of aryl methyl sites for hydroxylation is 1. The summed E-state index contributed by atoms with van der Waals surface area (Å²) < 4.78 is 2.18. The molecule has 1 aliphatic rings. The van der Waals surface area contributed by atoms with Gasteiger partial charge in [0.15, 0.2) is 0 Å². The molecule has 4 rings (SSSR count). The molecule has 0 radical (unpaired) electrons. The van der Waals surface area contributed by atoms with E-state index >= 15 is 0 Å². The van der Waals surface area contributed by atoms with E-state index in [9.17, 15) is 0 Å². The van der Waals surface area contributed by atoms with Crippen molar-refractivity contribution in [2.75, 3.05) is 11.9 Å². The molecule has 20 heavy (non-hydrogen) atoms. The van der Waals surface area contributed by atoms with Gasteiger partial charge in [0.1, 0.15) is 5.82 Å². The predicted molar refractivity (Wildman–Crippen MR) is 79.9 cm³/mol. The van der Waals surface area contributed by atoms with Gasteiger partial charge < -0.3 is 9.88 Å². The molecule has 0 spiro atoms. The number of pyridine rings is 1. The summed E-state index contributed by atoms with van der Waals surface area (Å²) in [5.41, 5.74) is 4.69. The monoisotopic (exact) mass is 264 g/mol. The Morgan fingerprint density at radius 1 is 1.25 bits per heavy atom. The first kappa shape index (κ1) is 11.5. The summed E-state index contributed by atoms with van der Waals surface area (Å²) in [7, 11) is 2.08. The molecule has 1 N–H and O–H groups in total. The van der Waals surface area contributed by atoms with Crippen LogP contribution in [0.25, 0.3) is 11.0 Å². The molecule has 1 atom stereocenters. The summed E-state index contributed by atoms with van der Waals surface area (Å²) >= 11 is 0. The number of benzene rings is 1. The minimum Gasteiger partial charge on any atom is -0.385 e. The zero-order chi connectivity index (χ0) is 13.5. The minimum absolute atomic E-state index is 0.352. The van der Waals surface area contributed by atoms with Gasteiger partial charge in [-0.3, -0.25) is 4.98 Å². The van der Waals surface area contributed by atoms with Crippen molar-refractivity contribution in [2.24, 2.45) is 7.05 Å². The largest absolute Gasteiger partial charge is 0.385 e. The second-order valence-corrected chi connectivity index (χ2v) is 5.25. The Kier molecular flexibility index (Phi) is 2.49. The second-order valence-electron chi connectivity index (χ2n) is 5.25. The van der Waals surface area contributed by atoms with Crippen molar-refractivity contribution in [1.29, 1.82) is 0 Å². The molecule has 3 heterocycles. The van der Waals surface area contributed by atoms with Crippen molar-refractivity contribution in [1.82, 2.24) is 14.5 Å². The predicted octanol–water partition coefficient (Wildman–Crippen LogP) is 2.92. The maximum atomic E-state index is 4.83. The Hall–Kier alpha value is -2.36. The van der Waals surface area contributed by atoms with E-state index in [1.807, 2.05) is 12.3 Å². The van der Waals surface area contributed by atoms with Crippen LogP contribution in [0.2, 0.25) is 0 Å². The van der Waals surface area contributed by atoms with Crippen LogP contribution in [0, 0.1) is 0 Å². The number of hydrogen-bond acceptors (Lipinski definition) is 3. The third-order valence-electron chi connectivity index (χ3n) is 4.11. The Balaban J connectivity index is 1.90. The van der Waals surface area contributed by atoms with Gasteiger partial charge in [0.05, 0.1) is 17.2 Å². The Bertz CT molecular complexity index is 775. The average Bonchev–Trinajstić information content (AvgIpc) is 2.84. The summed E-state index contributed by atoms with van der Waals surface area (Å²) in [6, 6.07) is 10.5. The summed E-state index contributed by atoms with van der Waals surface area (Å²) in [6.45, 7) is 0.989. The highest BCUT2D eigenvalue weighted by Crippen LogP contribution is 2.36. The zero-order valence-corrected chi connectivity index (χ0v) is 11.4. The fourth-order valence-corrected chi connectivity index (χ4v) is 3.10.